The zero-order chi connectivity index (χ0) is 21.9. The van der Waals surface area contributed by atoms with Crippen molar-refractivity contribution in [3.63, 3.8) is 0 Å². The highest BCUT2D eigenvalue weighted by atomic mass is 16.1. The number of Topliss-reactive ketones (excluding diaryl/α,β-unsaturated/α-hetero) is 1. The van der Waals surface area contributed by atoms with Gasteiger partial charge in [-0.05, 0) is 98.4 Å². The normalized spacial score (nSPS) is 41.1. The molecule has 0 bridgehead atoms. The molecule has 7 unspecified atom stereocenters. The number of aromatic nitrogens is 3. The van der Waals surface area contributed by atoms with Crippen LogP contribution in [0.15, 0.2) is 24.7 Å². The molecule has 0 radical (unpaired) electrons. The molecule has 0 N–H and O–H groups in total. The Morgan fingerprint density at radius 3 is 2.81 bits per heavy atom. The van der Waals surface area contributed by atoms with Crippen LogP contribution in [0.1, 0.15) is 78.1 Å². The van der Waals surface area contributed by atoms with Gasteiger partial charge in [0.2, 0.25) is 0 Å². The second-order valence-electron chi connectivity index (χ2n) is 11.9. The molecule has 2 aromatic heterocycles. The smallest absolute Gasteiger partial charge is 0.157 e. The van der Waals surface area contributed by atoms with E-state index in [1.54, 1.807) is 6.20 Å². The fraction of sp³-hybridized carbons (Fsp3) is 0.750. The van der Waals surface area contributed by atoms with Crippen LogP contribution in [-0.4, -0.2) is 20.5 Å². The van der Waals surface area contributed by atoms with Gasteiger partial charge in [0.05, 0.1) is 17.9 Å². The van der Waals surface area contributed by atoms with E-state index in [0.29, 0.717) is 12.3 Å². The van der Waals surface area contributed by atoms with Crippen molar-refractivity contribution in [2.75, 3.05) is 0 Å². The molecular weight excluding hydrogens is 394 g/mol. The molecule has 4 aliphatic carbocycles. The van der Waals surface area contributed by atoms with Crippen molar-refractivity contribution in [1.29, 1.82) is 0 Å². The molecule has 4 saturated carbocycles. The molecule has 4 aliphatic rings. The Balaban J connectivity index is 1.19. The zero-order valence-electron chi connectivity index (χ0n) is 19.9. The van der Waals surface area contributed by atoms with Crippen molar-refractivity contribution >= 4 is 16.7 Å². The monoisotopic (exact) mass is 433 g/mol. The minimum absolute atomic E-state index is 0.201. The van der Waals surface area contributed by atoms with Crippen LogP contribution in [0.4, 0.5) is 0 Å². The van der Waals surface area contributed by atoms with Gasteiger partial charge in [-0.2, -0.15) is 5.10 Å². The number of hydrogen-bond acceptors (Lipinski definition) is 3. The van der Waals surface area contributed by atoms with Gasteiger partial charge < -0.3 is 0 Å². The lowest BCUT2D eigenvalue weighted by Gasteiger charge is -2.56. The summed E-state index contributed by atoms with van der Waals surface area (Å²) >= 11 is 0. The topological polar surface area (TPSA) is 47.8 Å². The number of carbonyl (C=O) groups is 1. The van der Waals surface area contributed by atoms with E-state index in [1.807, 2.05) is 23.1 Å². The third kappa shape index (κ3) is 3.19. The van der Waals surface area contributed by atoms with E-state index in [2.05, 4.69) is 23.9 Å². The van der Waals surface area contributed by atoms with Crippen LogP contribution in [0.5, 0.6) is 0 Å². The number of pyridine rings is 1. The lowest BCUT2D eigenvalue weighted by Crippen LogP contribution is -2.49. The van der Waals surface area contributed by atoms with E-state index in [0.717, 1.165) is 52.8 Å². The molecular formula is C28H39N3O. The summed E-state index contributed by atoms with van der Waals surface area (Å²) in [4.78, 5) is 17.8. The Morgan fingerprint density at radius 1 is 1.06 bits per heavy atom. The minimum Gasteiger partial charge on any atom is -0.297 e. The van der Waals surface area contributed by atoms with Gasteiger partial charge in [-0.25, -0.2) is 0 Å². The van der Waals surface area contributed by atoms with Crippen molar-refractivity contribution in [2.24, 2.45) is 46.8 Å². The Bertz CT molecular complexity index is 997. The summed E-state index contributed by atoms with van der Waals surface area (Å²) in [5.74, 6) is 6.16. The van der Waals surface area contributed by atoms with Crippen molar-refractivity contribution in [3.05, 3.63) is 24.7 Å². The zero-order valence-corrected chi connectivity index (χ0v) is 19.9. The van der Waals surface area contributed by atoms with Crippen LogP contribution < -0.4 is 0 Å². The van der Waals surface area contributed by atoms with Gasteiger partial charge in [0.25, 0.3) is 0 Å². The molecule has 6 rings (SSSR count). The van der Waals surface area contributed by atoms with Gasteiger partial charge in [-0.15, -0.1) is 0 Å². The highest BCUT2D eigenvalue weighted by Crippen LogP contribution is 2.64. The number of nitrogens with zero attached hydrogens (tertiary/aromatic N) is 3. The molecule has 0 spiro atoms. The first-order chi connectivity index (χ1) is 15.6. The van der Waals surface area contributed by atoms with Crippen LogP contribution >= 0.6 is 0 Å². The van der Waals surface area contributed by atoms with Gasteiger partial charge in [0.15, 0.2) is 5.78 Å². The molecule has 172 valence electrons. The first-order valence-corrected chi connectivity index (χ1v) is 13.4. The van der Waals surface area contributed by atoms with E-state index < -0.39 is 0 Å². The van der Waals surface area contributed by atoms with E-state index in [1.165, 1.54) is 57.8 Å². The Kier molecular flexibility index (Phi) is 5.19. The highest BCUT2D eigenvalue weighted by Gasteiger charge is 2.58. The van der Waals surface area contributed by atoms with Gasteiger partial charge in [-0.3, -0.25) is 14.5 Å². The fourth-order valence-corrected chi connectivity index (χ4v) is 9.15. The average molecular weight is 434 g/mol. The fourth-order valence-electron chi connectivity index (χ4n) is 9.15. The summed E-state index contributed by atoms with van der Waals surface area (Å²) < 4.78 is 1.88. The molecule has 4 heteroatoms. The Labute approximate surface area is 192 Å². The second kappa shape index (κ2) is 7.95. The Hall–Kier alpha value is -1.71. The number of carbonyl (C=O) groups excluding carboxylic acids is 1. The van der Waals surface area contributed by atoms with E-state index in [4.69, 9.17) is 0 Å². The third-order valence-electron chi connectivity index (χ3n) is 10.8. The maximum Gasteiger partial charge on any atom is 0.157 e. The lowest BCUT2D eigenvalue weighted by molar-refractivity contribution is -0.131. The molecule has 2 heterocycles. The molecule has 0 amide bonds. The van der Waals surface area contributed by atoms with Crippen LogP contribution in [0.25, 0.3) is 10.9 Å². The first-order valence-electron chi connectivity index (χ1n) is 13.4. The summed E-state index contributed by atoms with van der Waals surface area (Å²) in [6.07, 6.45) is 19.2. The summed E-state index contributed by atoms with van der Waals surface area (Å²) in [5.41, 5.74) is 1.18. The molecule has 0 aromatic carbocycles. The van der Waals surface area contributed by atoms with Crippen LogP contribution in [0.2, 0.25) is 0 Å². The van der Waals surface area contributed by atoms with E-state index in [9.17, 15) is 4.79 Å². The van der Waals surface area contributed by atoms with Crippen molar-refractivity contribution in [2.45, 2.75) is 84.6 Å². The predicted molar refractivity (Wildman–Crippen MR) is 127 cm³/mol. The molecule has 2 aromatic rings. The van der Waals surface area contributed by atoms with Crippen LogP contribution in [-0.2, 0) is 11.3 Å². The third-order valence-corrected chi connectivity index (χ3v) is 10.8. The first kappa shape index (κ1) is 20.9. The highest BCUT2D eigenvalue weighted by molar-refractivity contribution is 5.84. The van der Waals surface area contributed by atoms with E-state index >= 15 is 0 Å². The standard InChI is InChI=1S/C28H39N3O/c1-3-18-4-6-21-19(14-18)5-7-23-22(21)10-12-28(2)24(23)8-9-25(28)27(32)17-31-26-16-29-13-11-20(26)15-30-31/h11,13,15-16,18-19,21-25H,3-10,12,14,17H2,1-2H3/t18-,19?,21?,22?,23?,24?,25?,28?/m0/s1. The molecule has 32 heavy (non-hydrogen) atoms. The van der Waals surface area contributed by atoms with Crippen LogP contribution in [0, 0.1) is 46.8 Å². The molecule has 0 saturated heterocycles. The number of hydrogen-bond donors (Lipinski definition) is 0. The molecule has 8 atom stereocenters. The van der Waals surface area contributed by atoms with Gasteiger partial charge in [0.1, 0.15) is 6.54 Å². The summed E-state index contributed by atoms with van der Waals surface area (Å²) in [6, 6.07) is 1.97. The quantitative estimate of drug-likeness (QED) is 0.569. The number of fused-ring (bicyclic) bond motifs is 6. The van der Waals surface area contributed by atoms with Crippen molar-refractivity contribution in [1.82, 2.24) is 14.8 Å². The van der Waals surface area contributed by atoms with Gasteiger partial charge in [-0.1, -0.05) is 26.7 Å². The molecule has 4 nitrogen and oxygen atoms in total. The van der Waals surface area contributed by atoms with Crippen molar-refractivity contribution < 1.29 is 4.79 Å². The van der Waals surface area contributed by atoms with Gasteiger partial charge >= 0.3 is 0 Å². The summed E-state index contributed by atoms with van der Waals surface area (Å²) in [5, 5.41) is 5.58. The largest absolute Gasteiger partial charge is 0.297 e. The van der Waals surface area contributed by atoms with E-state index in [-0.39, 0.29) is 11.3 Å². The maximum absolute atomic E-state index is 13.6. The minimum atomic E-state index is 0.201. The maximum atomic E-state index is 13.6. The SMILES string of the molecule is CC[C@H]1CCC2C(CCC3C2CCC2(C)C(C(=O)Cn4ncc5ccncc54)CCC32)C1. The predicted octanol–water partition coefficient (Wildman–Crippen LogP) is 6.30. The number of rotatable bonds is 4. The summed E-state index contributed by atoms with van der Waals surface area (Å²) in [7, 11) is 0. The Morgan fingerprint density at radius 2 is 1.94 bits per heavy atom. The molecule has 4 fully saturated rings. The average Bonchev–Trinajstić information content (AvgIpc) is 3.39. The molecule has 0 aliphatic heterocycles. The second-order valence-corrected chi connectivity index (χ2v) is 11.9. The van der Waals surface area contributed by atoms with Crippen molar-refractivity contribution in [3.8, 4) is 0 Å². The van der Waals surface area contributed by atoms with Crippen LogP contribution in [0.3, 0.4) is 0 Å². The lowest BCUT2D eigenvalue weighted by atomic mass is 9.49. The number of ketones is 1. The summed E-state index contributed by atoms with van der Waals surface area (Å²) in [6.45, 7) is 5.27. The van der Waals surface area contributed by atoms with Gasteiger partial charge in [0, 0.05) is 17.5 Å².